The van der Waals surface area contributed by atoms with Gasteiger partial charge in [-0.1, -0.05) is 41.6 Å². The summed E-state index contributed by atoms with van der Waals surface area (Å²) in [5.41, 5.74) is 6.65. The Balaban J connectivity index is 1.65. The number of aromatic hydroxyl groups is 1. The smallest absolute Gasteiger partial charge is 0.234 e. The number of benzene rings is 3. The first-order chi connectivity index (χ1) is 16.2. The highest BCUT2D eigenvalue weighted by Gasteiger charge is 2.20. The Labute approximate surface area is 211 Å². The van der Waals surface area contributed by atoms with Crippen molar-refractivity contribution in [1.82, 2.24) is 14.8 Å². The van der Waals surface area contributed by atoms with E-state index in [1.54, 1.807) is 18.2 Å². The van der Waals surface area contributed by atoms with Crippen LogP contribution in [0.15, 0.2) is 64.2 Å². The van der Waals surface area contributed by atoms with E-state index < -0.39 is 0 Å². The minimum absolute atomic E-state index is 0.120. The third-order valence-corrected chi connectivity index (χ3v) is 7.15. The Morgan fingerprint density at radius 2 is 1.74 bits per heavy atom. The number of phenolic OH excluding ortho intramolecular Hbond substituents is 1. The van der Waals surface area contributed by atoms with E-state index in [4.69, 9.17) is 0 Å². The molecule has 1 heterocycles. The molecule has 0 saturated heterocycles. The largest absolute Gasteiger partial charge is 0.507 e. The molecule has 3 aromatic carbocycles. The average molecular weight is 537 g/mol. The van der Waals surface area contributed by atoms with Crippen LogP contribution in [0.25, 0.3) is 17.1 Å². The molecule has 0 aliphatic carbocycles. The molecule has 0 unspecified atom stereocenters. The summed E-state index contributed by atoms with van der Waals surface area (Å²) in [6.07, 6.45) is 0. The summed E-state index contributed by atoms with van der Waals surface area (Å²) in [6.45, 7) is 8.11. The van der Waals surface area contributed by atoms with E-state index in [1.807, 2.05) is 62.6 Å². The van der Waals surface area contributed by atoms with E-state index in [0.717, 1.165) is 38.1 Å². The van der Waals surface area contributed by atoms with E-state index in [9.17, 15) is 9.90 Å². The first kappa shape index (κ1) is 24.0. The van der Waals surface area contributed by atoms with Gasteiger partial charge in [-0.05, 0) is 90.6 Å². The zero-order valence-electron chi connectivity index (χ0n) is 19.4. The molecule has 6 nitrogen and oxygen atoms in total. The topological polar surface area (TPSA) is 80.0 Å². The molecule has 8 heteroatoms. The first-order valence-corrected chi connectivity index (χ1v) is 12.5. The average Bonchev–Trinajstić information content (AvgIpc) is 3.20. The number of hydrogen-bond acceptors (Lipinski definition) is 5. The predicted octanol–water partition coefficient (Wildman–Crippen LogP) is 6.37. The van der Waals surface area contributed by atoms with Crippen LogP contribution in [0.3, 0.4) is 0 Å². The number of carbonyl (C=O) groups excluding carboxylic acids is 1. The minimum Gasteiger partial charge on any atom is -0.507 e. The molecule has 0 atom stereocenters. The zero-order valence-corrected chi connectivity index (χ0v) is 21.8. The molecule has 0 fully saturated rings. The summed E-state index contributed by atoms with van der Waals surface area (Å²) in [5, 5.41) is 22.7. The van der Waals surface area contributed by atoms with E-state index in [2.05, 4.69) is 37.5 Å². The molecule has 0 aliphatic heterocycles. The maximum atomic E-state index is 12.8. The van der Waals surface area contributed by atoms with Gasteiger partial charge in [0.05, 0.1) is 22.7 Å². The van der Waals surface area contributed by atoms with Gasteiger partial charge in [0.15, 0.2) is 11.0 Å². The predicted molar refractivity (Wildman–Crippen MR) is 141 cm³/mol. The Bertz CT molecular complexity index is 1380. The lowest BCUT2D eigenvalue weighted by atomic mass is 10.1. The van der Waals surface area contributed by atoms with E-state index in [0.29, 0.717) is 16.5 Å². The highest BCUT2D eigenvalue weighted by atomic mass is 79.9. The van der Waals surface area contributed by atoms with Gasteiger partial charge >= 0.3 is 0 Å². The van der Waals surface area contributed by atoms with Gasteiger partial charge in [0.25, 0.3) is 0 Å². The van der Waals surface area contributed by atoms with E-state index >= 15 is 0 Å². The van der Waals surface area contributed by atoms with Gasteiger partial charge in [-0.2, -0.15) is 0 Å². The van der Waals surface area contributed by atoms with E-state index in [1.165, 1.54) is 11.8 Å². The molecule has 0 radical (unpaired) electrons. The number of thioether (sulfide) groups is 1. The second-order valence-electron chi connectivity index (χ2n) is 8.20. The molecular formula is C26H25BrN4O2S. The summed E-state index contributed by atoms with van der Waals surface area (Å²) in [4.78, 5) is 12.8. The Morgan fingerprint density at radius 1 is 1.00 bits per heavy atom. The molecule has 4 aromatic rings. The number of amides is 1. The number of nitrogens with one attached hydrogen (secondary N) is 1. The number of aromatic nitrogens is 3. The fourth-order valence-corrected chi connectivity index (χ4v) is 4.97. The number of halogens is 1. The summed E-state index contributed by atoms with van der Waals surface area (Å²) < 4.78 is 2.74. The van der Waals surface area contributed by atoms with Crippen LogP contribution in [0.1, 0.15) is 22.3 Å². The Morgan fingerprint density at radius 3 is 2.47 bits per heavy atom. The fourth-order valence-electron chi connectivity index (χ4n) is 3.67. The van der Waals surface area contributed by atoms with Crippen LogP contribution in [0, 0.1) is 27.7 Å². The number of aryl methyl sites for hydroxylation is 4. The van der Waals surface area contributed by atoms with Crippen molar-refractivity contribution < 1.29 is 9.90 Å². The molecule has 0 aliphatic rings. The second kappa shape index (κ2) is 10.0. The van der Waals surface area contributed by atoms with Crippen LogP contribution >= 0.6 is 27.7 Å². The molecule has 0 spiro atoms. The molecule has 34 heavy (non-hydrogen) atoms. The summed E-state index contributed by atoms with van der Waals surface area (Å²) in [7, 11) is 0. The third kappa shape index (κ3) is 5.03. The maximum Gasteiger partial charge on any atom is 0.234 e. The van der Waals surface area contributed by atoms with Crippen molar-refractivity contribution in [3.05, 3.63) is 81.3 Å². The Hall–Kier alpha value is -3.10. The van der Waals surface area contributed by atoms with Crippen molar-refractivity contribution >= 4 is 39.3 Å². The number of hydrogen-bond donors (Lipinski definition) is 2. The first-order valence-electron chi connectivity index (χ1n) is 10.8. The summed E-state index contributed by atoms with van der Waals surface area (Å²) >= 11 is 4.82. The number of rotatable bonds is 6. The lowest BCUT2D eigenvalue weighted by molar-refractivity contribution is -0.113. The second-order valence-corrected chi connectivity index (χ2v) is 10.00. The third-order valence-electron chi connectivity index (χ3n) is 5.56. The van der Waals surface area contributed by atoms with Crippen LogP contribution in [0.5, 0.6) is 5.75 Å². The molecule has 0 saturated carbocycles. The quantitative estimate of drug-likeness (QED) is 0.280. The van der Waals surface area contributed by atoms with Crippen molar-refractivity contribution in [3.8, 4) is 22.8 Å². The van der Waals surface area contributed by atoms with Crippen molar-refractivity contribution in [1.29, 1.82) is 0 Å². The van der Waals surface area contributed by atoms with Gasteiger partial charge < -0.3 is 10.4 Å². The van der Waals surface area contributed by atoms with Crippen LogP contribution in [0.4, 0.5) is 5.69 Å². The number of anilines is 1. The van der Waals surface area contributed by atoms with Crippen LogP contribution in [-0.2, 0) is 4.79 Å². The minimum atomic E-state index is -0.145. The van der Waals surface area contributed by atoms with Gasteiger partial charge in [0, 0.05) is 4.47 Å². The fraction of sp³-hybridized carbons (Fsp3) is 0.192. The molecule has 1 aromatic heterocycles. The van der Waals surface area contributed by atoms with Gasteiger partial charge in [-0.15, -0.1) is 10.2 Å². The van der Waals surface area contributed by atoms with Crippen LogP contribution in [0.2, 0.25) is 0 Å². The van der Waals surface area contributed by atoms with Crippen molar-refractivity contribution in [2.24, 2.45) is 0 Å². The number of nitrogens with zero attached hydrogens (tertiary/aromatic N) is 3. The summed E-state index contributed by atoms with van der Waals surface area (Å²) in [6, 6.07) is 17.1. The van der Waals surface area contributed by atoms with Crippen molar-refractivity contribution in [2.75, 3.05) is 11.1 Å². The Kier molecular flexibility index (Phi) is 7.09. The highest BCUT2D eigenvalue weighted by Crippen LogP contribution is 2.34. The number of phenols is 1. The zero-order chi connectivity index (χ0) is 24.4. The highest BCUT2D eigenvalue weighted by molar-refractivity contribution is 9.10. The lowest BCUT2D eigenvalue weighted by Gasteiger charge is -2.14. The molecule has 2 N–H and O–H groups in total. The van der Waals surface area contributed by atoms with E-state index in [-0.39, 0.29) is 17.4 Å². The van der Waals surface area contributed by atoms with Gasteiger partial charge in [-0.25, -0.2) is 0 Å². The van der Waals surface area contributed by atoms with Crippen LogP contribution < -0.4 is 5.32 Å². The standard InChI is InChI=1S/C26H25BrN4O2S/c1-15-9-10-22(18(4)11-15)31-25(19-7-5-6-8-23(19)32)29-30-26(31)34-14-24(33)28-21-13-17(3)16(2)12-20(21)27/h5-13,32H,14H2,1-4H3,(H,28,33). The molecule has 0 bridgehead atoms. The number of carbonyl (C=O) groups is 1. The van der Waals surface area contributed by atoms with Crippen molar-refractivity contribution in [2.45, 2.75) is 32.9 Å². The summed E-state index contributed by atoms with van der Waals surface area (Å²) in [5.74, 6) is 0.649. The van der Waals surface area contributed by atoms with Crippen LogP contribution in [-0.4, -0.2) is 31.5 Å². The normalized spacial score (nSPS) is 11.0. The lowest BCUT2D eigenvalue weighted by Crippen LogP contribution is -2.15. The van der Waals surface area contributed by atoms with Crippen molar-refractivity contribution in [3.63, 3.8) is 0 Å². The number of para-hydroxylation sites is 1. The molecule has 1 amide bonds. The molecular weight excluding hydrogens is 512 g/mol. The molecule has 4 rings (SSSR count). The maximum absolute atomic E-state index is 12.8. The van der Waals surface area contributed by atoms with Gasteiger partial charge in [0.1, 0.15) is 5.75 Å². The molecule has 174 valence electrons. The SMILES string of the molecule is Cc1ccc(-n2c(SCC(=O)Nc3cc(C)c(C)cc3Br)nnc2-c2ccccc2O)c(C)c1. The monoisotopic (exact) mass is 536 g/mol. The van der Waals surface area contributed by atoms with Gasteiger partial charge in [0.2, 0.25) is 5.91 Å². The van der Waals surface area contributed by atoms with Gasteiger partial charge in [-0.3, -0.25) is 9.36 Å².